The van der Waals surface area contributed by atoms with Gasteiger partial charge in [-0.25, -0.2) is 9.38 Å². The van der Waals surface area contributed by atoms with E-state index >= 15 is 0 Å². The molecule has 4 aromatic rings. The van der Waals surface area contributed by atoms with Gasteiger partial charge in [-0.05, 0) is 50.6 Å². The lowest BCUT2D eigenvalue weighted by Gasteiger charge is -2.30. The third-order valence-electron chi connectivity index (χ3n) is 5.48. The highest BCUT2D eigenvalue weighted by atomic mass is 32.2. The van der Waals surface area contributed by atoms with E-state index in [4.69, 9.17) is 10.5 Å². The van der Waals surface area contributed by atoms with E-state index in [9.17, 15) is 9.59 Å². The highest BCUT2D eigenvalue weighted by Gasteiger charge is 2.31. The van der Waals surface area contributed by atoms with Crippen LogP contribution in [0.15, 0.2) is 29.4 Å². The minimum absolute atomic E-state index is 0.0228. The van der Waals surface area contributed by atoms with Crippen LogP contribution >= 0.6 is 23.1 Å². The number of thioether (sulfide) groups is 1. The number of carbonyl (C=O) groups is 2. The molecule has 0 atom stereocenters. The smallest absolute Gasteiger partial charge is 0.234 e. The van der Waals surface area contributed by atoms with Gasteiger partial charge in [0.1, 0.15) is 4.83 Å². The number of nitrogens with zero attached hydrogens (tertiary/aromatic N) is 4. The van der Waals surface area contributed by atoms with E-state index in [1.807, 2.05) is 0 Å². The molecule has 33 heavy (non-hydrogen) atoms. The van der Waals surface area contributed by atoms with E-state index in [1.54, 1.807) is 40.0 Å². The third kappa shape index (κ3) is 4.07. The van der Waals surface area contributed by atoms with Crippen molar-refractivity contribution in [1.29, 1.82) is 0 Å². The molecule has 1 aliphatic heterocycles. The number of ketones is 1. The largest absolute Gasteiger partial charge is 0.370 e. The molecule has 0 aliphatic carbocycles. The first kappa shape index (κ1) is 21.8. The van der Waals surface area contributed by atoms with Crippen LogP contribution in [0.5, 0.6) is 0 Å². The maximum Gasteiger partial charge on any atom is 0.234 e. The molecule has 0 fully saturated rings. The summed E-state index contributed by atoms with van der Waals surface area (Å²) in [6.07, 6.45) is 0.754. The second-order valence-corrected chi connectivity index (χ2v) is 10.5. The predicted octanol–water partition coefficient (Wildman–Crippen LogP) is 3.71. The second-order valence-electron chi connectivity index (χ2n) is 8.49. The lowest BCUT2D eigenvalue weighted by molar-refractivity contribution is -0.113. The van der Waals surface area contributed by atoms with Gasteiger partial charge in [-0.2, -0.15) is 0 Å². The van der Waals surface area contributed by atoms with Gasteiger partial charge in [0.2, 0.25) is 11.9 Å². The van der Waals surface area contributed by atoms with Crippen LogP contribution in [-0.4, -0.2) is 42.6 Å². The highest BCUT2D eigenvalue weighted by molar-refractivity contribution is 7.99. The molecule has 4 heterocycles. The molecule has 170 valence electrons. The number of nitrogen functional groups attached to an aromatic ring is 1. The van der Waals surface area contributed by atoms with Crippen molar-refractivity contribution in [2.24, 2.45) is 0 Å². The number of hydrogen-bond acceptors (Lipinski definition) is 9. The lowest BCUT2D eigenvalue weighted by Crippen LogP contribution is -2.31. The highest BCUT2D eigenvalue weighted by Crippen LogP contribution is 2.40. The SMILES string of the molecule is CC(=O)c1ccc(NC(=O)CSc2nnc3c4c5c(sc4nc(N)n23)COC(C)(C)C5)cc1. The zero-order valence-electron chi connectivity index (χ0n) is 18.3. The number of thiophene rings is 1. The van der Waals surface area contributed by atoms with Crippen LogP contribution in [0.1, 0.15) is 41.6 Å². The number of aromatic nitrogens is 4. The number of ether oxygens (including phenoxy) is 1. The Balaban J connectivity index is 1.39. The molecule has 3 aromatic heterocycles. The number of rotatable bonds is 5. The number of anilines is 2. The van der Waals surface area contributed by atoms with E-state index in [0.717, 1.165) is 21.5 Å². The van der Waals surface area contributed by atoms with E-state index in [-0.39, 0.29) is 29.0 Å². The van der Waals surface area contributed by atoms with Crippen LogP contribution in [0.4, 0.5) is 11.6 Å². The summed E-state index contributed by atoms with van der Waals surface area (Å²) in [5, 5.41) is 13.0. The van der Waals surface area contributed by atoms with Crippen LogP contribution in [0, 0.1) is 0 Å². The average molecular weight is 483 g/mol. The minimum Gasteiger partial charge on any atom is -0.370 e. The Labute approximate surface area is 197 Å². The van der Waals surface area contributed by atoms with Crippen molar-refractivity contribution in [2.45, 2.75) is 44.6 Å². The number of fused-ring (bicyclic) bond motifs is 5. The van der Waals surface area contributed by atoms with Crippen molar-refractivity contribution in [1.82, 2.24) is 19.6 Å². The number of benzene rings is 1. The van der Waals surface area contributed by atoms with Crippen molar-refractivity contribution >= 4 is 62.3 Å². The number of amides is 1. The number of Topliss-reactive ketones (excluding diaryl/α,β-unsaturated/α-hetero) is 1. The molecule has 9 nitrogen and oxygen atoms in total. The fourth-order valence-electron chi connectivity index (χ4n) is 3.85. The summed E-state index contributed by atoms with van der Waals surface area (Å²) in [6.45, 7) is 6.18. The molecule has 0 saturated heterocycles. The quantitative estimate of drug-likeness (QED) is 0.326. The minimum atomic E-state index is -0.266. The molecule has 11 heteroatoms. The Morgan fingerprint density at radius 2 is 2.03 bits per heavy atom. The van der Waals surface area contributed by atoms with Gasteiger partial charge in [-0.1, -0.05) is 11.8 Å². The normalized spacial score (nSPS) is 15.0. The molecule has 1 aliphatic rings. The summed E-state index contributed by atoms with van der Waals surface area (Å²) in [4.78, 5) is 30.4. The molecule has 1 aromatic carbocycles. The van der Waals surface area contributed by atoms with Crippen LogP contribution < -0.4 is 11.1 Å². The molecule has 0 saturated carbocycles. The Kier molecular flexibility index (Phi) is 5.34. The van der Waals surface area contributed by atoms with Crippen molar-refractivity contribution < 1.29 is 14.3 Å². The maximum atomic E-state index is 12.5. The average Bonchev–Trinajstić information content (AvgIpc) is 3.33. The molecule has 5 rings (SSSR count). The summed E-state index contributed by atoms with van der Waals surface area (Å²) in [7, 11) is 0. The van der Waals surface area contributed by atoms with Gasteiger partial charge in [-0.3, -0.25) is 9.59 Å². The van der Waals surface area contributed by atoms with Crippen LogP contribution in [0.2, 0.25) is 0 Å². The topological polar surface area (TPSA) is 124 Å². The zero-order chi connectivity index (χ0) is 23.3. The third-order valence-corrected chi connectivity index (χ3v) is 7.51. The van der Waals surface area contributed by atoms with Gasteiger partial charge in [0, 0.05) is 22.5 Å². The molecule has 0 bridgehead atoms. The van der Waals surface area contributed by atoms with E-state index in [2.05, 4.69) is 34.3 Å². The van der Waals surface area contributed by atoms with Crippen molar-refractivity contribution in [2.75, 3.05) is 16.8 Å². The number of hydrogen-bond donors (Lipinski definition) is 2. The lowest BCUT2D eigenvalue weighted by atomic mass is 9.94. The molecular formula is C22H22N6O3S2. The summed E-state index contributed by atoms with van der Waals surface area (Å²) in [5.74, 6) is 0.177. The summed E-state index contributed by atoms with van der Waals surface area (Å²) < 4.78 is 7.65. The number of nitrogens with two attached hydrogens (primary N) is 1. The first-order valence-electron chi connectivity index (χ1n) is 10.3. The molecule has 0 radical (unpaired) electrons. The summed E-state index contributed by atoms with van der Waals surface area (Å²) in [5.41, 5.74) is 9.03. The zero-order valence-corrected chi connectivity index (χ0v) is 20.0. The Hall–Kier alpha value is -3.02. The standard InChI is InChI=1S/C22H22N6O3S2/c1-11(29)12-4-6-13(7-5-12)24-16(30)10-32-21-27-26-18-17-14-8-22(2,3)31-9-15(14)33-19(17)25-20(23)28(18)21/h4-7H,8-10H2,1-3H3,(H2,23,25)(H,24,30). The monoisotopic (exact) mass is 482 g/mol. The Morgan fingerprint density at radius 3 is 2.76 bits per heavy atom. The van der Waals surface area contributed by atoms with E-state index in [0.29, 0.717) is 28.7 Å². The molecular weight excluding hydrogens is 460 g/mol. The van der Waals surface area contributed by atoms with Crippen LogP contribution in [0.3, 0.4) is 0 Å². The second kappa shape index (κ2) is 8.08. The predicted molar refractivity (Wildman–Crippen MR) is 129 cm³/mol. The van der Waals surface area contributed by atoms with Crippen LogP contribution in [0.25, 0.3) is 15.9 Å². The Morgan fingerprint density at radius 1 is 1.27 bits per heavy atom. The van der Waals surface area contributed by atoms with Gasteiger partial charge >= 0.3 is 0 Å². The number of nitrogens with one attached hydrogen (secondary N) is 1. The molecule has 3 N–H and O–H groups in total. The maximum absolute atomic E-state index is 12.5. The van der Waals surface area contributed by atoms with Crippen molar-refractivity contribution in [3.05, 3.63) is 40.3 Å². The molecule has 0 unspecified atom stereocenters. The van der Waals surface area contributed by atoms with Crippen molar-refractivity contribution in [3.8, 4) is 0 Å². The van der Waals surface area contributed by atoms with Crippen molar-refractivity contribution in [3.63, 3.8) is 0 Å². The van der Waals surface area contributed by atoms with Gasteiger partial charge < -0.3 is 15.8 Å². The van der Waals surface area contributed by atoms with Gasteiger partial charge in [0.15, 0.2) is 16.6 Å². The van der Waals surface area contributed by atoms with E-state index < -0.39 is 0 Å². The fraction of sp³-hybridized carbons (Fsp3) is 0.318. The number of carbonyl (C=O) groups excluding carboxylic acids is 2. The van der Waals surface area contributed by atoms with Crippen LogP contribution in [-0.2, 0) is 22.6 Å². The molecule has 1 amide bonds. The van der Waals surface area contributed by atoms with E-state index in [1.165, 1.54) is 24.2 Å². The van der Waals surface area contributed by atoms with Gasteiger partial charge in [0.05, 0.1) is 23.3 Å². The molecule has 0 spiro atoms. The first-order valence-corrected chi connectivity index (χ1v) is 12.1. The Bertz CT molecular complexity index is 1410. The summed E-state index contributed by atoms with van der Waals surface area (Å²) in [6, 6.07) is 6.77. The first-order chi connectivity index (χ1) is 15.7. The summed E-state index contributed by atoms with van der Waals surface area (Å²) >= 11 is 2.81. The van der Waals surface area contributed by atoms with Gasteiger partial charge in [0.25, 0.3) is 0 Å². The van der Waals surface area contributed by atoms with Gasteiger partial charge in [-0.15, -0.1) is 21.5 Å². The fourth-order valence-corrected chi connectivity index (χ4v) is 5.69.